The number of ketones is 2. The summed E-state index contributed by atoms with van der Waals surface area (Å²) in [6.07, 6.45) is 3.45. The van der Waals surface area contributed by atoms with Gasteiger partial charge in [0.05, 0.1) is 18.6 Å². The molecule has 1 heterocycles. The van der Waals surface area contributed by atoms with E-state index < -0.39 is 22.9 Å². The Morgan fingerprint density at radius 1 is 1.30 bits per heavy atom. The van der Waals surface area contributed by atoms with Crippen molar-refractivity contribution in [2.75, 3.05) is 26.3 Å². The highest BCUT2D eigenvalue weighted by Gasteiger charge is 2.39. The van der Waals surface area contributed by atoms with Crippen LogP contribution in [-0.2, 0) is 14.4 Å². The number of nitrogens with one attached hydrogen (secondary N) is 2. The van der Waals surface area contributed by atoms with Crippen LogP contribution >= 0.6 is 0 Å². The summed E-state index contributed by atoms with van der Waals surface area (Å²) < 4.78 is 0. The molecule has 1 saturated heterocycles. The molecule has 1 rings (SSSR count). The Labute approximate surface area is 159 Å². The van der Waals surface area contributed by atoms with Gasteiger partial charge in [0, 0.05) is 6.67 Å². The summed E-state index contributed by atoms with van der Waals surface area (Å²) in [6.45, 7) is 4.58. The van der Waals surface area contributed by atoms with Gasteiger partial charge in [-0.05, 0) is 52.6 Å². The van der Waals surface area contributed by atoms with Crippen LogP contribution in [0.15, 0.2) is 0 Å². The summed E-state index contributed by atoms with van der Waals surface area (Å²) in [6, 6.07) is -1.60. The number of nitro groups is 1. The number of amides is 1. The van der Waals surface area contributed by atoms with E-state index in [4.69, 9.17) is 5.73 Å². The highest BCUT2D eigenvalue weighted by Crippen LogP contribution is 2.18. The first kappa shape index (κ1) is 23.3. The molecule has 10 heteroatoms. The summed E-state index contributed by atoms with van der Waals surface area (Å²) in [7, 11) is 0. The van der Waals surface area contributed by atoms with E-state index in [2.05, 4.69) is 10.6 Å². The summed E-state index contributed by atoms with van der Waals surface area (Å²) >= 11 is 0. The van der Waals surface area contributed by atoms with Gasteiger partial charge < -0.3 is 5.73 Å². The van der Waals surface area contributed by atoms with Crippen LogP contribution in [0.2, 0.25) is 0 Å². The second-order valence-corrected chi connectivity index (χ2v) is 6.94. The highest BCUT2D eigenvalue weighted by atomic mass is 16.6. The molecule has 3 atom stereocenters. The van der Waals surface area contributed by atoms with Gasteiger partial charge in [0.1, 0.15) is 16.7 Å². The molecule has 0 aromatic heterocycles. The first-order valence-corrected chi connectivity index (χ1v) is 9.40. The molecular weight excluding hydrogens is 354 g/mol. The Balaban J connectivity index is 2.42. The van der Waals surface area contributed by atoms with Gasteiger partial charge >= 0.3 is 5.91 Å². The average molecular weight is 385 g/mol. The molecule has 0 radical (unpaired) electrons. The van der Waals surface area contributed by atoms with Crippen molar-refractivity contribution in [2.45, 2.75) is 64.1 Å². The SMILES string of the molecule is CC(=O)[C@H](CCCCN)NCN[C@@H](C)C(=O)CN1CCC[C@H]1C(=O)[N+](=O)[O-]. The number of unbranched alkanes of at least 4 members (excludes halogenated alkanes) is 1. The van der Waals surface area contributed by atoms with Gasteiger partial charge in [-0.15, -0.1) is 0 Å². The molecule has 10 nitrogen and oxygen atoms in total. The number of nitrogens with zero attached hydrogens (tertiary/aromatic N) is 2. The normalized spacial score (nSPS) is 19.6. The van der Waals surface area contributed by atoms with Gasteiger partial charge in [-0.1, -0.05) is 6.42 Å². The number of Topliss-reactive ketones (excluding diaryl/α,β-unsaturated/α-hetero) is 2. The van der Waals surface area contributed by atoms with Crippen LogP contribution in [-0.4, -0.2) is 71.7 Å². The summed E-state index contributed by atoms with van der Waals surface area (Å²) in [5.41, 5.74) is 5.46. The zero-order valence-electron chi connectivity index (χ0n) is 16.1. The average Bonchev–Trinajstić information content (AvgIpc) is 3.07. The number of hydrogen-bond acceptors (Lipinski definition) is 9. The Kier molecular flexibility index (Phi) is 10.2. The zero-order valence-corrected chi connectivity index (χ0v) is 16.1. The molecule has 0 spiro atoms. The quantitative estimate of drug-likeness (QED) is 0.164. The van der Waals surface area contributed by atoms with E-state index in [0.717, 1.165) is 12.8 Å². The minimum atomic E-state index is -1.05. The Morgan fingerprint density at radius 2 is 2.00 bits per heavy atom. The van der Waals surface area contributed by atoms with Crippen molar-refractivity contribution in [3.63, 3.8) is 0 Å². The number of rotatable bonds is 13. The molecule has 1 amide bonds. The van der Waals surface area contributed by atoms with E-state index in [-0.39, 0.29) is 30.8 Å². The maximum Gasteiger partial charge on any atom is 0.461 e. The smallest absolute Gasteiger partial charge is 0.330 e. The monoisotopic (exact) mass is 385 g/mol. The fourth-order valence-corrected chi connectivity index (χ4v) is 3.14. The van der Waals surface area contributed by atoms with Crippen LogP contribution in [0.25, 0.3) is 0 Å². The number of carbonyl (C=O) groups excluding carboxylic acids is 3. The summed E-state index contributed by atoms with van der Waals surface area (Å²) in [4.78, 5) is 47.0. The molecule has 0 unspecified atom stereocenters. The first-order chi connectivity index (χ1) is 12.8. The fraction of sp³-hybridized carbons (Fsp3) is 0.824. The third-order valence-corrected chi connectivity index (χ3v) is 4.86. The molecule has 1 aliphatic heterocycles. The summed E-state index contributed by atoms with van der Waals surface area (Å²) in [5, 5.41) is 16.8. The second-order valence-electron chi connectivity index (χ2n) is 6.94. The minimum absolute atomic E-state index is 0.00888. The molecule has 0 aromatic rings. The topological polar surface area (TPSA) is 148 Å². The van der Waals surface area contributed by atoms with Crippen molar-refractivity contribution in [1.29, 1.82) is 0 Å². The zero-order chi connectivity index (χ0) is 20.4. The molecule has 4 N–H and O–H groups in total. The van der Waals surface area contributed by atoms with Gasteiger partial charge in [0.25, 0.3) is 0 Å². The maximum atomic E-state index is 12.4. The van der Waals surface area contributed by atoms with Crippen LogP contribution in [0.4, 0.5) is 0 Å². The van der Waals surface area contributed by atoms with Crippen molar-refractivity contribution in [3.05, 3.63) is 10.1 Å². The third kappa shape index (κ3) is 7.79. The molecule has 1 fully saturated rings. The van der Waals surface area contributed by atoms with E-state index in [9.17, 15) is 24.5 Å². The lowest BCUT2D eigenvalue weighted by Gasteiger charge is -2.22. The minimum Gasteiger partial charge on any atom is -0.330 e. The molecule has 154 valence electrons. The standard InChI is InChI=1S/C17H31N5O5/c1-12(19-11-20-14(13(2)23)6-3-4-8-18)16(24)10-21-9-5-7-15(21)17(25)22(26)27/h12,14-15,19-20H,3-11,18H2,1-2H3/t12-,14-,15-/m0/s1. The molecule has 0 saturated carbocycles. The number of likely N-dealkylation sites (tertiary alicyclic amines) is 1. The number of nitrogens with two attached hydrogens (primary N) is 1. The van der Waals surface area contributed by atoms with E-state index >= 15 is 0 Å². The highest BCUT2D eigenvalue weighted by molar-refractivity contribution is 5.86. The van der Waals surface area contributed by atoms with Gasteiger partial charge in [-0.3, -0.25) is 35.2 Å². The molecule has 0 aliphatic carbocycles. The fourth-order valence-electron chi connectivity index (χ4n) is 3.14. The largest absolute Gasteiger partial charge is 0.461 e. The second kappa shape index (κ2) is 11.9. The van der Waals surface area contributed by atoms with E-state index in [0.29, 0.717) is 32.4 Å². The molecule has 27 heavy (non-hydrogen) atoms. The van der Waals surface area contributed by atoms with Crippen molar-refractivity contribution in [2.24, 2.45) is 5.73 Å². The molecule has 0 bridgehead atoms. The van der Waals surface area contributed by atoms with Crippen molar-refractivity contribution >= 4 is 17.5 Å². The molecular formula is C17H31N5O5. The molecule has 0 aromatic carbocycles. The van der Waals surface area contributed by atoms with Crippen LogP contribution in [0, 0.1) is 10.1 Å². The molecule has 1 aliphatic rings. The maximum absolute atomic E-state index is 12.4. The van der Waals surface area contributed by atoms with Gasteiger partial charge in [-0.2, -0.15) is 0 Å². The number of hydrogen-bond donors (Lipinski definition) is 3. The lowest BCUT2D eigenvalue weighted by atomic mass is 10.1. The van der Waals surface area contributed by atoms with Gasteiger partial charge in [0.15, 0.2) is 5.78 Å². The van der Waals surface area contributed by atoms with Crippen LogP contribution in [0.3, 0.4) is 0 Å². The van der Waals surface area contributed by atoms with Crippen molar-refractivity contribution in [3.8, 4) is 0 Å². The summed E-state index contributed by atoms with van der Waals surface area (Å²) in [5.74, 6) is -1.17. The predicted octanol–water partition coefficient (Wildman–Crippen LogP) is -0.565. The lowest BCUT2D eigenvalue weighted by molar-refractivity contribution is -0.405. The Morgan fingerprint density at radius 3 is 2.59 bits per heavy atom. The van der Waals surface area contributed by atoms with E-state index in [1.165, 1.54) is 6.92 Å². The Bertz CT molecular complexity index is 542. The predicted molar refractivity (Wildman–Crippen MR) is 99.6 cm³/mol. The van der Waals surface area contributed by atoms with Crippen molar-refractivity contribution in [1.82, 2.24) is 15.5 Å². The van der Waals surface area contributed by atoms with Crippen LogP contribution < -0.4 is 16.4 Å². The van der Waals surface area contributed by atoms with E-state index in [1.54, 1.807) is 11.8 Å². The van der Waals surface area contributed by atoms with Crippen LogP contribution in [0.5, 0.6) is 0 Å². The first-order valence-electron chi connectivity index (χ1n) is 9.40. The lowest BCUT2D eigenvalue weighted by Crippen LogP contribution is -2.49. The van der Waals surface area contributed by atoms with Crippen molar-refractivity contribution < 1.29 is 19.3 Å². The van der Waals surface area contributed by atoms with Gasteiger partial charge in [-0.25, -0.2) is 4.79 Å². The van der Waals surface area contributed by atoms with Crippen LogP contribution in [0.1, 0.15) is 46.0 Å². The van der Waals surface area contributed by atoms with E-state index in [1.807, 2.05) is 0 Å². The Hall–Kier alpha value is -1.75. The van der Waals surface area contributed by atoms with Gasteiger partial charge in [0.2, 0.25) is 0 Å². The number of carbonyl (C=O) groups is 3. The third-order valence-electron chi connectivity index (χ3n) is 4.86.